The van der Waals surface area contributed by atoms with E-state index in [-0.39, 0.29) is 6.61 Å². The van der Waals surface area contributed by atoms with Crippen LogP contribution in [0.2, 0.25) is 5.02 Å². The summed E-state index contributed by atoms with van der Waals surface area (Å²) in [5.74, 6) is -0.0369. The lowest BCUT2D eigenvalue weighted by Gasteiger charge is -2.13. The van der Waals surface area contributed by atoms with E-state index in [2.05, 4.69) is 26.8 Å². The van der Waals surface area contributed by atoms with Crippen LogP contribution in [0.5, 0.6) is 11.5 Å². The number of amides is 2. The van der Waals surface area contributed by atoms with Gasteiger partial charge in [0.25, 0.3) is 11.8 Å². The van der Waals surface area contributed by atoms with Crippen molar-refractivity contribution in [1.82, 2.24) is 10.9 Å². The molecule has 0 unspecified atom stereocenters. The summed E-state index contributed by atoms with van der Waals surface area (Å²) < 4.78 is 11.6. The van der Waals surface area contributed by atoms with Gasteiger partial charge < -0.3 is 9.47 Å². The molecule has 144 valence electrons. The summed E-state index contributed by atoms with van der Waals surface area (Å²) in [6.45, 7) is 5.70. The van der Waals surface area contributed by atoms with Gasteiger partial charge in [-0.1, -0.05) is 27.5 Å². The zero-order chi connectivity index (χ0) is 20.0. The Hall–Kier alpha value is -2.25. The molecular weight excluding hydrogens is 436 g/mol. The molecule has 0 saturated carbocycles. The summed E-state index contributed by atoms with van der Waals surface area (Å²) >= 11 is 9.42. The van der Waals surface area contributed by atoms with E-state index in [1.165, 1.54) is 0 Å². The Morgan fingerprint density at radius 1 is 1.07 bits per heavy atom. The lowest BCUT2D eigenvalue weighted by molar-refractivity contribution is -0.123. The van der Waals surface area contributed by atoms with Gasteiger partial charge in [0, 0.05) is 9.50 Å². The first-order valence-electron chi connectivity index (χ1n) is 8.23. The molecule has 27 heavy (non-hydrogen) atoms. The van der Waals surface area contributed by atoms with E-state index < -0.39 is 11.8 Å². The molecule has 2 aromatic rings. The van der Waals surface area contributed by atoms with Crippen molar-refractivity contribution in [3.05, 3.63) is 56.5 Å². The van der Waals surface area contributed by atoms with Crippen LogP contribution in [0.4, 0.5) is 0 Å². The maximum absolute atomic E-state index is 12.3. The van der Waals surface area contributed by atoms with Crippen LogP contribution < -0.4 is 20.3 Å². The molecule has 0 saturated heterocycles. The van der Waals surface area contributed by atoms with Crippen molar-refractivity contribution in [2.45, 2.75) is 20.8 Å². The summed E-state index contributed by atoms with van der Waals surface area (Å²) in [7, 11) is 0. The highest BCUT2D eigenvalue weighted by Gasteiger charge is 2.14. The molecule has 0 fully saturated rings. The number of hydrogen-bond donors (Lipinski definition) is 2. The molecule has 0 spiro atoms. The van der Waals surface area contributed by atoms with Crippen molar-refractivity contribution in [2.24, 2.45) is 0 Å². The van der Waals surface area contributed by atoms with Gasteiger partial charge >= 0.3 is 0 Å². The summed E-state index contributed by atoms with van der Waals surface area (Å²) in [5, 5.41) is 0.665. The Morgan fingerprint density at radius 2 is 1.74 bits per heavy atom. The van der Waals surface area contributed by atoms with Crippen LogP contribution >= 0.6 is 27.5 Å². The monoisotopic (exact) mass is 454 g/mol. The number of aryl methyl sites for hydroxylation is 2. The average molecular weight is 456 g/mol. The summed E-state index contributed by atoms with van der Waals surface area (Å²) in [5.41, 5.74) is 6.69. The minimum atomic E-state index is -0.499. The number of hydrogen-bond acceptors (Lipinski definition) is 4. The zero-order valence-electron chi connectivity index (χ0n) is 15.2. The van der Waals surface area contributed by atoms with Crippen molar-refractivity contribution in [2.75, 3.05) is 13.2 Å². The van der Waals surface area contributed by atoms with E-state index in [9.17, 15) is 9.59 Å². The van der Waals surface area contributed by atoms with E-state index in [0.717, 1.165) is 15.6 Å². The van der Waals surface area contributed by atoms with Crippen molar-refractivity contribution < 1.29 is 19.1 Å². The van der Waals surface area contributed by atoms with Crippen molar-refractivity contribution in [1.29, 1.82) is 0 Å². The number of benzene rings is 2. The van der Waals surface area contributed by atoms with Gasteiger partial charge in [0.1, 0.15) is 11.5 Å². The Kier molecular flexibility index (Phi) is 7.50. The predicted molar refractivity (Wildman–Crippen MR) is 107 cm³/mol. The van der Waals surface area contributed by atoms with Crippen LogP contribution in [0, 0.1) is 13.8 Å². The standard InChI is InChI=1S/C19H20BrClN2O4/c1-4-26-16-6-5-13(20)9-15(16)19(25)23-22-17(24)10-27-14-7-11(2)18(21)12(3)8-14/h5-9H,4,10H2,1-3H3,(H,22,24)(H,23,25). The quantitative estimate of drug-likeness (QED) is 0.647. The van der Waals surface area contributed by atoms with Gasteiger partial charge in [-0.25, -0.2) is 0 Å². The van der Waals surface area contributed by atoms with Crippen LogP contribution in [0.15, 0.2) is 34.8 Å². The van der Waals surface area contributed by atoms with E-state index in [1.807, 2.05) is 20.8 Å². The Balaban J connectivity index is 1.92. The van der Waals surface area contributed by atoms with E-state index in [4.69, 9.17) is 21.1 Å². The molecule has 0 aliphatic rings. The Bertz CT molecular complexity index is 835. The maximum atomic E-state index is 12.3. The smallest absolute Gasteiger partial charge is 0.276 e. The minimum Gasteiger partial charge on any atom is -0.493 e. The molecule has 2 rings (SSSR count). The lowest BCUT2D eigenvalue weighted by atomic mass is 10.1. The molecule has 2 amide bonds. The number of carbonyl (C=O) groups is 2. The topological polar surface area (TPSA) is 76.7 Å². The molecule has 2 aromatic carbocycles. The van der Waals surface area contributed by atoms with Crippen LogP contribution in [-0.4, -0.2) is 25.0 Å². The van der Waals surface area contributed by atoms with Crippen molar-refractivity contribution >= 4 is 39.3 Å². The largest absolute Gasteiger partial charge is 0.493 e. The lowest BCUT2D eigenvalue weighted by Crippen LogP contribution is -2.44. The highest BCUT2D eigenvalue weighted by molar-refractivity contribution is 9.10. The molecule has 0 atom stereocenters. The number of hydrazine groups is 1. The van der Waals surface area contributed by atoms with Crippen LogP contribution in [0.1, 0.15) is 28.4 Å². The highest BCUT2D eigenvalue weighted by atomic mass is 79.9. The van der Waals surface area contributed by atoms with Gasteiger partial charge in [0.05, 0.1) is 12.2 Å². The number of halogens is 2. The second kappa shape index (κ2) is 9.62. The fraction of sp³-hybridized carbons (Fsp3) is 0.263. The molecule has 0 aliphatic carbocycles. The van der Waals surface area contributed by atoms with Gasteiger partial charge in [-0.3, -0.25) is 20.4 Å². The van der Waals surface area contributed by atoms with Crippen LogP contribution in [0.3, 0.4) is 0 Å². The van der Waals surface area contributed by atoms with Crippen LogP contribution in [0.25, 0.3) is 0 Å². The summed E-state index contributed by atoms with van der Waals surface area (Å²) in [6, 6.07) is 8.55. The first-order chi connectivity index (χ1) is 12.8. The molecule has 0 heterocycles. The molecule has 0 aromatic heterocycles. The molecule has 2 N–H and O–H groups in total. The first kappa shape index (κ1) is 21.1. The Labute approximate surface area is 171 Å². The average Bonchev–Trinajstić information content (AvgIpc) is 2.63. The molecular formula is C19H20BrClN2O4. The van der Waals surface area contributed by atoms with Gasteiger partial charge in [-0.15, -0.1) is 0 Å². The summed E-state index contributed by atoms with van der Waals surface area (Å²) in [4.78, 5) is 24.3. The van der Waals surface area contributed by atoms with E-state index in [0.29, 0.717) is 28.7 Å². The highest BCUT2D eigenvalue weighted by Crippen LogP contribution is 2.26. The van der Waals surface area contributed by atoms with Gasteiger partial charge in [-0.05, 0) is 62.2 Å². The number of ether oxygens (including phenoxy) is 2. The van der Waals surface area contributed by atoms with Crippen LogP contribution in [-0.2, 0) is 4.79 Å². The molecule has 8 heteroatoms. The van der Waals surface area contributed by atoms with Gasteiger partial charge in [0.15, 0.2) is 6.61 Å². The minimum absolute atomic E-state index is 0.252. The third-order valence-electron chi connectivity index (χ3n) is 3.58. The second-order valence-electron chi connectivity index (χ2n) is 5.74. The Morgan fingerprint density at radius 3 is 2.37 bits per heavy atom. The number of rotatable bonds is 6. The molecule has 0 radical (unpaired) electrons. The predicted octanol–water partition coefficient (Wildman–Crippen LogP) is 3.96. The number of nitrogens with one attached hydrogen (secondary N) is 2. The summed E-state index contributed by atoms with van der Waals surface area (Å²) in [6.07, 6.45) is 0. The SMILES string of the molecule is CCOc1ccc(Br)cc1C(=O)NNC(=O)COc1cc(C)c(Cl)c(C)c1. The van der Waals surface area contributed by atoms with E-state index >= 15 is 0 Å². The third-order valence-corrected chi connectivity index (χ3v) is 4.67. The maximum Gasteiger partial charge on any atom is 0.276 e. The molecule has 6 nitrogen and oxygen atoms in total. The molecule has 0 aliphatic heterocycles. The normalized spacial score (nSPS) is 10.3. The fourth-order valence-electron chi connectivity index (χ4n) is 2.33. The number of carbonyl (C=O) groups excluding carboxylic acids is 2. The van der Waals surface area contributed by atoms with Crippen molar-refractivity contribution in [3.8, 4) is 11.5 Å². The zero-order valence-corrected chi connectivity index (χ0v) is 17.5. The van der Waals surface area contributed by atoms with E-state index in [1.54, 1.807) is 30.3 Å². The first-order valence-corrected chi connectivity index (χ1v) is 9.40. The van der Waals surface area contributed by atoms with Gasteiger partial charge in [0.2, 0.25) is 0 Å². The van der Waals surface area contributed by atoms with Crippen molar-refractivity contribution in [3.63, 3.8) is 0 Å². The molecule has 0 bridgehead atoms. The second-order valence-corrected chi connectivity index (χ2v) is 7.03. The third kappa shape index (κ3) is 5.87. The fourth-order valence-corrected chi connectivity index (χ4v) is 2.80. The van der Waals surface area contributed by atoms with Gasteiger partial charge in [-0.2, -0.15) is 0 Å².